The van der Waals surface area contributed by atoms with Gasteiger partial charge in [0.05, 0.1) is 16.9 Å². The van der Waals surface area contributed by atoms with Crippen LogP contribution in [-0.2, 0) is 0 Å². The Kier molecular flexibility index (Phi) is 2.84. The van der Waals surface area contributed by atoms with Gasteiger partial charge in [-0.1, -0.05) is 5.16 Å². The number of pyridine rings is 1. The quantitative estimate of drug-likeness (QED) is 0.368. The Labute approximate surface area is 113 Å². The van der Waals surface area contributed by atoms with Crippen LogP contribution in [0.1, 0.15) is 36.2 Å². The molecule has 2 unspecified atom stereocenters. The van der Waals surface area contributed by atoms with Crippen LogP contribution in [0.15, 0.2) is 11.2 Å². The number of anilines is 1. The Morgan fingerprint density at radius 1 is 1.47 bits per heavy atom. The van der Waals surface area contributed by atoms with Crippen LogP contribution in [0, 0.1) is 19.8 Å². The average Bonchev–Trinajstić information content (AvgIpc) is 2.99. The van der Waals surface area contributed by atoms with E-state index >= 15 is 0 Å². The van der Waals surface area contributed by atoms with Gasteiger partial charge in [0.2, 0.25) is 0 Å². The zero-order valence-corrected chi connectivity index (χ0v) is 11.4. The van der Waals surface area contributed by atoms with Gasteiger partial charge in [-0.25, -0.2) is 0 Å². The monoisotopic (exact) mass is 260 g/mol. The van der Waals surface area contributed by atoms with Crippen LogP contribution in [-0.4, -0.2) is 28.6 Å². The van der Waals surface area contributed by atoms with E-state index in [-0.39, 0.29) is 5.84 Å². The third kappa shape index (κ3) is 1.93. The molecule has 0 radical (unpaired) electrons. The summed E-state index contributed by atoms with van der Waals surface area (Å²) in [6.07, 6.45) is 3.86. The zero-order chi connectivity index (χ0) is 13.6. The molecule has 5 heteroatoms. The number of aryl methyl sites for hydroxylation is 2. The molecule has 1 aliphatic heterocycles. The summed E-state index contributed by atoms with van der Waals surface area (Å²) in [5, 5.41) is 12.2. The number of amidine groups is 1. The van der Waals surface area contributed by atoms with E-state index in [1.54, 1.807) is 0 Å². The Morgan fingerprint density at radius 3 is 2.84 bits per heavy atom. The molecule has 2 atom stereocenters. The van der Waals surface area contributed by atoms with E-state index in [2.05, 4.69) is 21.1 Å². The molecular formula is C14H20N4O. The van der Waals surface area contributed by atoms with Crippen molar-refractivity contribution in [3.05, 3.63) is 23.0 Å². The lowest BCUT2D eigenvalue weighted by atomic mass is 10.0. The van der Waals surface area contributed by atoms with Crippen LogP contribution >= 0.6 is 0 Å². The van der Waals surface area contributed by atoms with Crippen molar-refractivity contribution in [1.82, 2.24) is 4.98 Å². The number of piperidine rings is 1. The van der Waals surface area contributed by atoms with Gasteiger partial charge in [0.15, 0.2) is 5.84 Å². The third-order valence-electron chi connectivity index (χ3n) is 4.39. The number of nitrogens with two attached hydrogens (primary N) is 1. The van der Waals surface area contributed by atoms with Crippen LogP contribution in [0.4, 0.5) is 5.69 Å². The van der Waals surface area contributed by atoms with Crippen LogP contribution in [0.5, 0.6) is 0 Å². The van der Waals surface area contributed by atoms with Crippen LogP contribution < -0.4 is 10.6 Å². The highest BCUT2D eigenvalue weighted by Gasteiger charge is 2.39. The normalized spacial score (nSPS) is 26.2. The first-order valence-corrected chi connectivity index (χ1v) is 6.83. The highest BCUT2D eigenvalue weighted by atomic mass is 16.4. The van der Waals surface area contributed by atoms with E-state index in [0.717, 1.165) is 35.1 Å². The van der Waals surface area contributed by atoms with Crippen molar-refractivity contribution in [2.75, 3.05) is 11.4 Å². The number of rotatable bonds is 2. The number of fused-ring (bicyclic) bond motifs is 2. The number of oxime groups is 1. The first-order valence-electron chi connectivity index (χ1n) is 6.83. The predicted molar refractivity (Wildman–Crippen MR) is 74.7 cm³/mol. The highest BCUT2D eigenvalue weighted by Crippen LogP contribution is 2.41. The van der Waals surface area contributed by atoms with E-state index in [9.17, 15) is 0 Å². The lowest BCUT2D eigenvalue weighted by Gasteiger charge is -2.31. The summed E-state index contributed by atoms with van der Waals surface area (Å²) in [7, 11) is 0. The fraction of sp³-hybridized carbons (Fsp3) is 0.571. The number of nitrogens with zero attached hydrogens (tertiary/aromatic N) is 3. The summed E-state index contributed by atoms with van der Waals surface area (Å²) in [6.45, 7) is 4.98. The molecule has 0 spiro atoms. The van der Waals surface area contributed by atoms with E-state index < -0.39 is 0 Å². The second-order valence-corrected chi connectivity index (χ2v) is 5.71. The second-order valence-electron chi connectivity index (χ2n) is 5.71. The van der Waals surface area contributed by atoms with Gasteiger partial charge in [0.25, 0.3) is 0 Å². The van der Waals surface area contributed by atoms with Gasteiger partial charge in [-0.05, 0) is 45.1 Å². The summed E-state index contributed by atoms with van der Waals surface area (Å²) < 4.78 is 0. The van der Waals surface area contributed by atoms with Crippen molar-refractivity contribution in [2.24, 2.45) is 16.8 Å². The maximum atomic E-state index is 9.00. The maximum absolute atomic E-state index is 9.00. The van der Waals surface area contributed by atoms with E-state index in [1.165, 1.54) is 19.3 Å². The first-order chi connectivity index (χ1) is 9.10. The Morgan fingerprint density at radius 2 is 2.26 bits per heavy atom. The molecule has 3 rings (SSSR count). The van der Waals surface area contributed by atoms with Crippen LogP contribution in [0.2, 0.25) is 0 Å². The molecule has 102 valence electrons. The smallest absolute Gasteiger partial charge is 0.174 e. The van der Waals surface area contributed by atoms with Crippen molar-refractivity contribution in [2.45, 2.75) is 39.2 Å². The van der Waals surface area contributed by atoms with E-state index in [0.29, 0.717) is 6.04 Å². The average molecular weight is 260 g/mol. The van der Waals surface area contributed by atoms with Crippen molar-refractivity contribution in [3.8, 4) is 0 Å². The summed E-state index contributed by atoms with van der Waals surface area (Å²) in [4.78, 5) is 6.86. The van der Waals surface area contributed by atoms with Crippen molar-refractivity contribution in [3.63, 3.8) is 0 Å². The first kappa shape index (κ1) is 12.3. The highest BCUT2D eigenvalue weighted by molar-refractivity contribution is 6.03. The van der Waals surface area contributed by atoms with Gasteiger partial charge in [0.1, 0.15) is 0 Å². The molecule has 1 aromatic rings. The fourth-order valence-electron chi connectivity index (χ4n) is 3.62. The molecule has 1 aliphatic carbocycles. The zero-order valence-electron chi connectivity index (χ0n) is 11.4. The molecule has 2 heterocycles. The number of aromatic nitrogens is 1. The summed E-state index contributed by atoms with van der Waals surface area (Å²) in [5.74, 6) is 0.960. The Hall–Kier alpha value is -1.78. The summed E-state index contributed by atoms with van der Waals surface area (Å²) >= 11 is 0. The molecule has 2 aliphatic rings. The molecule has 5 nitrogen and oxygen atoms in total. The third-order valence-corrected chi connectivity index (χ3v) is 4.39. The SMILES string of the molecule is Cc1cc(N2CC3CCC2C3)c(/C(N)=N/O)c(C)n1. The number of hydrogen-bond acceptors (Lipinski definition) is 4. The maximum Gasteiger partial charge on any atom is 0.174 e. The Balaban J connectivity index is 2.09. The van der Waals surface area contributed by atoms with E-state index in [1.807, 2.05) is 13.8 Å². The molecule has 3 N–H and O–H groups in total. The molecule has 1 saturated carbocycles. The topological polar surface area (TPSA) is 74.7 Å². The van der Waals surface area contributed by atoms with Crippen LogP contribution in [0.3, 0.4) is 0 Å². The molecule has 0 amide bonds. The predicted octanol–water partition coefficient (Wildman–Crippen LogP) is 1.78. The largest absolute Gasteiger partial charge is 0.409 e. The minimum atomic E-state index is 0.155. The van der Waals surface area contributed by atoms with Gasteiger partial charge >= 0.3 is 0 Å². The van der Waals surface area contributed by atoms with Crippen LogP contribution in [0.25, 0.3) is 0 Å². The molecule has 1 saturated heterocycles. The van der Waals surface area contributed by atoms with Crippen molar-refractivity contribution < 1.29 is 5.21 Å². The minimum absolute atomic E-state index is 0.155. The van der Waals surface area contributed by atoms with Gasteiger partial charge in [-0.2, -0.15) is 0 Å². The summed E-state index contributed by atoms with van der Waals surface area (Å²) in [5.41, 5.74) is 9.50. The lowest BCUT2D eigenvalue weighted by Crippen LogP contribution is -2.34. The van der Waals surface area contributed by atoms with Crippen molar-refractivity contribution >= 4 is 11.5 Å². The lowest BCUT2D eigenvalue weighted by molar-refractivity contribution is 0.318. The van der Waals surface area contributed by atoms with E-state index in [4.69, 9.17) is 10.9 Å². The minimum Gasteiger partial charge on any atom is -0.409 e. The van der Waals surface area contributed by atoms with Crippen molar-refractivity contribution in [1.29, 1.82) is 0 Å². The standard InChI is InChI=1S/C14H20N4O/c1-8-5-12(13(9(2)16-8)14(15)17-19)18-7-10-3-4-11(18)6-10/h5,10-11,19H,3-4,6-7H2,1-2H3,(H2,15,17). The molecule has 1 aromatic heterocycles. The number of hydrogen-bond donors (Lipinski definition) is 2. The second kappa shape index (κ2) is 4.40. The Bertz CT molecular complexity index is 540. The van der Waals surface area contributed by atoms with Gasteiger partial charge in [-0.3, -0.25) is 4.98 Å². The van der Waals surface area contributed by atoms with Gasteiger partial charge in [0, 0.05) is 18.3 Å². The molecule has 0 aromatic carbocycles. The summed E-state index contributed by atoms with van der Waals surface area (Å²) in [6, 6.07) is 2.66. The fourth-order valence-corrected chi connectivity index (χ4v) is 3.62. The van der Waals surface area contributed by atoms with Gasteiger partial charge in [-0.15, -0.1) is 0 Å². The molecule has 19 heavy (non-hydrogen) atoms. The molecular weight excluding hydrogens is 240 g/mol. The molecule has 2 bridgehead atoms. The molecule has 2 fully saturated rings. The van der Waals surface area contributed by atoms with Gasteiger partial charge < -0.3 is 15.8 Å².